The van der Waals surface area contributed by atoms with Crippen molar-refractivity contribution in [1.29, 1.82) is 0 Å². The van der Waals surface area contributed by atoms with Gasteiger partial charge in [-0.1, -0.05) is 12.1 Å². The molecular formula is C16H21F3N2O3S. The van der Waals surface area contributed by atoms with Crippen molar-refractivity contribution in [3.8, 4) is 0 Å². The van der Waals surface area contributed by atoms with E-state index in [0.717, 1.165) is 18.4 Å². The molecular weight excluding hydrogens is 357 g/mol. The summed E-state index contributed by atoms with van der Waals surface area (Å²) in [5.41, 5.74) is -0.425. The van der Waals surface area contributed by atoms with E-state index in [1.807, 2.05) is 0 Å². The van der Waals surface area contributed by atoms with E-state index in [4.69, 9.17) is 0 Å². The highest BCUT2D eigenvalue weighted by molar-refractivity contribution is 7.88. The standard InChI is InChI=1S/C16H21F3N2O3S/c1-11(12-5-3-7-14(9-12)16(17,18)19)20-15(22)13-6-4-8-21(10-13)25(2,23)24/h3,5,7,9,11,13H,4,6,8,10H2,1-2H3,(H,20,22). The number of sulfonamides is 1. The van der Waals surface area contributed by atoms with Gasteiger partial charge in [0.1, 0.15) is 0 Å². The lowest BCUT2D eigenvalue weighted by Crippen LogP contribution is -2.45. The minimum Gasteiger partial charge on any atom is -0.349 e. The number of piperidine rings is 1. The SMILES string of the molecule is CC(NC(=O)C1CCCN(S(C)(=O)=O)C1)c1cccc(C(F)(F)F)c1. The van der Waals surface area contributed by atoms with Crippen LogP contribution in [0, 0.1) is 5.92 Å². The summed E-state index contributed by atoms with van der Waals surface area (Å²) in [6.07, 6.45) is -2.23. The van der Waals surface area contributed by atoms with Crippen LogP contribution in [0.2, 0.25) is 0 Å². The van der Waals surface area contributed by atoms with Crippen molar-refractivity contribution in [3.05, 3.63) is 35.4 Å². The van der Waals surface area contributed by atoms with Gasteiger partial charge in [-0.2, -0.15) is 13.2 Å². The van der Waals surface area contributed by atoms with Crippen LogP contribution in [0.4, 0.5) is 13.2 Å². The van der Waals surface area contributed by atoms with E-state index in [2.05, 4.69) is 5.32 Å². The Morgan fingerprint density at radius 2 is 2.04 bits per heavy atom. The van der Waals surface area contributed by atoms with E-state index in [1.165, 1.54) is 16.4 Å². The number of rotatable bonds is 4. The van der Waals surface area contributed by atoms with Gasteiger partial charge in [-0.3, -0.25) is 4.79 Å². The van der Waals surface area contributed by atoms with Crippen molar-refractivity contribution in [3.63, 3.8) is 0 Å². The van der Waals surface area contributed by atoms with E-state index in [-0.39, 0.29) is 12.5 Å². The van der Waals surface area contributed by atoms with Crippen molar-refractivity contribution in [2.24, 2.45) is 5.92 Å². The van der Waals surface area contributed by atoms with Crippen LogP contribution < -0.4 is 5.32 Å². The zero-order valence-corrected chi connectivity index (χ0v) is 14.8. The number of carbonyl (C=O) groups excluding carboxylic acids is 1. The number of hydrogen-bond donors (Lipinski definition) is 1. The summed E-state index contributed by atoms with van der Waals surface area (Å²) >= 11 is 0. The van der Waals surface area contributed by atoms with Gasteiger partial charge in [-0.25, -0.2) is 12.7 Å². The molecule has 0 spiro atoms. The Labute approximate surface area is 145 Å². The second-order valence-electron chi connectivity index (χ2n) is 6.31. The lowest BCUT2D eigenvalue weighted by Gasteiger charge is -2.31. The molecule has 2 unspecified atom stereocenters. The highest BCUT2D eigenvalue weighted by atomic mass is 32.2. The number of carbonyl (C=O) groups is 1. The Balaban J connectivity index is 2.05. The summed E-state index contributed by atoms with van der Waals surface area (Å²) < 4.78 is 62.9. The first-order valence-corrected chi connectivity index (χ1v) is 9.76. The number of amides is 1. The fraction of sp³-hybridized carbons (Fsp3) is 0.562. The molecule has 2 atom stereocenters. The van der Waals surface area contributed by atoms with Gasteiger partial charge in [0.2, 0.25) is 15.9 Å². The van der Waals surface area contributed by atoms with Gasteiger partial charge in [0.05, 0.1) is 23.8 Å². The van der Waals surface area contributed by atoms with Gasteiger partial charge in [-0.15, -0.1) is 0 Å². The second-order valence-corrected chi connectivity index (χ2v) is 8.30. The minimum absolute atomic E-state index is 0.0972. The Hall–Kier alpha value is -1.61. The van der Waals surface area contributed by atoms with E-state index in [1.54, 1.807) is 6.92 Å². The molecule has 9 heteroatoms. The van der Waals surface area contributed by atoms with Crippen LogP contribution in [-0.2, 0) is 21.0 Å². The Morgan fingerprint density at radius 3 is 2.64 bits per heavy atom. The zero-order chi connectivity index (χ0) is 18.8. The third kappa shape index (κ3) is 5.18. The number of nitrogens with one attached hydrogen (secondary N) is 1. The Bertz CT molecular complexity index is 734. The van der Waals surface area contributed by atoms with Crippen LogP contribution >= 0.6 is 0 Å². The van der Waals surface area contributed by atoms with E-state index in [9.17, 15) is 26.4 Å². The number of nitrogens with zero attached hydrogens (tertiary/aromatic N) is 1. The molecule has 1 aliphatic rings. The molecule has 1 aromatic rings. The monoisotopic (exact) mass is 378 g/mol. The van der Waals surface area contributed by atoms with Crippen molar-refractivity contribution >= 4 is 15.9 Å². The molecule has 1 N–H and O–H groups in total. The third-order valence-corrected chi connectivity index (χ3v) is 5.57. The molecule has 140 valence electrons. The lowest BCUT2D eigenvalue weighted by molar-refractivity contribution is -0.137. The van der Waals surface area contributed by atoms with Gasteiger partial charge in [-0.05, 0) is 37.5 Å². The summed E-state index contributed by atoms with van der Waals surface area (Å²) in [4.78, 5) is 12.4. The predicted molar refractivity (Wildman–Crippen MR) is 87.1 cm³/mol. The largest absolute Gasteiger partial charge is 0.416 e. The van der Waals surface area contributed by atoms with Crippen LogP contribution in [0.1, 0.15) is 36.9 Å². The summed E-state index contributed by atoms with van der Waals surface area (Å²) in [5, 5.41) is 2.69. The van der Waals surface area contributed by atoms with Crippen molar-refractivity contribution in [2.45, 2.75) is 32.0 Å². The van der Waals surface area contributed by atoms with E-state index >= 15 is 0 Å². The quantitative estimate of drug-likeness (QED) is 0.876. The van der Waals surface area contributed by atoms with Crippen LogP contribution in [-0.4, -0.2) is 38.0 Å². The van der Waals surface area contributed by atoms with Crippen LogP contribution in [0.3, 0.4) is 0 Å². The maximum absolute atomic E-state index is 12.8. The molecule has 0 bridgehead atoms. The number of hydrogen-bond acceptors (Lipinski definition) is 3. The first kappa shape index (κ1) is 19.7. The zero-order valence-electron chi connectivity index (χ0n) is 14.0. The molecule has 1 amide bonds. The van der Waals surface area contributed by atoms with Gasteiger partial charge in [0.15, 0.2) is 0 Å². The highest BCUT2D eigenvalue weighted by Crippen LogP contribution is 2.31. The van der Waals surface area contributed by atoms with Gasteiger partial charge >= 0.3 is 6.18 Å². The topological polar surface area (TPSA) is 66.5 Å². The molecule has 0 aliphatic carbocycles. The van der Waals surface area contributed by atoms with Crippen LogP contribution in [0.25, 0.3) is 0 Å². The third-order valence-electron chi connectivity index (χ3n) is 4.30. The fourth-order valence-corrected chi connectivity index (χ4v) is 3.77. The Kier molecular flexibility index (Phi) is 5.78. The van der Waals surface area contributed by atoms with E-state index in [0.29, 0.717) is 24.9 Å². The van der Waals surface area contributed by atoms with Crippen molar-refractivity contribution < 1.29 is 26.4 Å². The highest BCUT2D eigenvalue weighted by Gasteiger charge is 2.32. The smallest absolute Gasteiger partial charge is 0.349 e. The number of benzene rings is 1. The molecule has 1 aliphatic heterocycles. The molecule has 2 rings (SSSR count). The summed E-state index contributed by atoms with van der Waals surface area (Å²) in [6.45, 7) is 2.08. The molecule has 1 aromatic carbocycles. The molecule has 0 radical (unpaired) electrons. The molecule has 1 saturated heterocycles. The number of alkyl halides is 3. The first-order valence-electron chi connectivity index (χ1n) is 7.91. The molecule has 0 saturated carbocycles. The van der Waals surface area contributed by atoms with Crippen LogP contribution in [0.15, 0.2) is 24.3 Å². The maximum atomic E-state index is 12.8. The average Bonchev–Trinajstić information content (AvgIpc) is 2.53. The number of halogens is 3. The van der Waals surface area contributed by atoms with Crippen molar-refractivity contribution in [2.75, 3.05) is 19.3 Å². The minimum atomic E-state index is -4.45. The average molecular weight is 378 g/mol. The predicted octanol–water partition coefficient (Wildman–Crippen LogP) is 2.55. The maximum Gasteiger partial charge on any atom is 0.416 e. The molecule has 1 heterocycles. The Morgan fingerprint density at radius 1 is 1.36 bits per heavy atom. The first-order chi connectivity index (χ1) is 11.5. The summed E-state index contributed by atoms with van der Waals surface area (Å²) in [6, 6.07) is 4.19. The fourth-order valence-electron chi connectivity index (χ4n) is 2.86. The molecule has 1 fully saturated rings. The normalized spacial score (nSPS) is 20.9. The summed E-state index contributed by atoms with van der Waals surface area (Å²) in [7, 11) is -3.37. The van der Waals surface area contributed by atoms with Crippen molar-refractivity contribution in [1.82, 2.24) is 9.62 Å². The molecule has 0 aromatic heterocycles. The second kappa shape index (κ2) is 7.33. The van der Waals surface area contributed by atoms with Gasteiger partial charge in [0, 0.05) is 13.1 Å². The van der Waals surface area contributed by atoms with Gasteiger partial charge in [0.25, 0.3) is 0 Å². The van der Waals surface area contributed by atoms with Crippen LogP contribution in [0.5, 0.6) is 0 Å². The van der Waals surface area contributed by atoms with Gasteiger partial charge < -0.3 is 5.32 Å². The van der Waals surface area contributed by atoms with E-state index < -0.39 is 33.7 Å². The molecule has 25 heavy (non-hydrogen) atoms. The molecule has 5 nitrogen and oxygen atoms in total. The lowest BCUT2D eigenvalue weighted by atomic mass is 9.97. The summed E-state index contributed by atoms with van der Waals surface area (Å²) in [5.74, 6) is -0.852.